The lowest BCUT2D eigenvalue weighted by molar-refractivity contribution is -0.384. The van der Waals surface area contributed by atoms with Gasteiger partial charge in [0.15, 0.2) is 5.17 Å². The van der Waals surface area contributed by atoms with Crippen molar-refractivity contribution in [1.82, 2.24) is 4.90 Å². The molecule has 11 heteroatoms. The Labute approximate surface area is 199 Å². The van der Waals surface area contributed by atoms with Crippen LogP contribution in [0.5, 0.6) is 0 Å². The molecule has 2 unspecified atom stereocenters. The van der Waals surface area contributed by atoms with E-state index in [9.17, 15) is 19.7 Å². The van der Waals surface area contributed by atoms with E-state index in [1.807, 2.05) is 30.3 Å². The molecule has 172 valence electrons. The number of nitro groups is 1. The molecule has 2 atom stereocenters. The van der Waals surface area contributed by atoms with E-state index in [1.165, 1.54) is 30.0 Å². The molecular weight excluding hydrogens is 468 g/mol. The van der Waals surface area contributed by atoms with Gasteiger partial charge < -0.3 is 10.1 Å². The summed E-state index contributed by atoms with van der Waals surface area (Å²) in [5.74, 6) is -0.688. The normalized spacial score (nSPS) is 21.5. The van der Waals surface area contributed by atoms with E-state index in [4.69, 9.17) is 16.3 Å². The fourth-order valence-electron chi connectivity index (χ4n) is 3.59. The van der Waals surface area contributed by atoms with Gasteiger partial charge in [0.1, 0.15) is 5.25 Å². The minimum Gasteiger partial charge on any atom is -0.376 e. The first-order valence-electron chi connectivity index (χ1n) is 10.4. The molecule has 2 aliphatic heterocycles. The number of aliphatic imine (C=N–C) groups is 1. The lowest BCUT2D eigenvalue weighted by Gasteiger charge is -2.20. The zero-order valence-electron chi connectivity index (χ0n) is 17.5. The maximum absolute atomic E-state index is 13.2. The Morgan fingerprint density at radius 3 is 2.79 bits per heavy atom. The molecule has 0 spiro atoms. The number of ether oxygens (including phenoxy) is 1. The van der Waals surface area contributed by atoms with Gasteiger partial charge in [-0.25, -0.2) is 4.99 Å². The molecule has 9 nitrogen and oxygen atoms in total. The van der Waals surface area contributed by atoms with Crippen molar-refractivity contribution in [2.45, 2.75) is 30.6 Å². The lowest BCUT2D eigenvalue weighted by Crippen LogP contribution is -2.38. The second-order valence-electron chi connectivity index (χ2n) is 7.59. The number of non-ortho nitro benzene ring substituents is 1. The van der Waals surface area contributed by atoms with Crippen LogP contribution in [0.4, 0.5) is 17.1 Å². The van der Waals surface area contributed by atoms with Gasteiger partial charge in [0.2, 0.25) is 11.8 Å². The number of para-hydroxylation sites is 1. The van der Waals surface area contributed by atoms with E-state index in [2.05, 4.69) is 10.3 Å². The number of anilines is 1. The average Bonchev–Trinajstić information content (AvgIpc) is 3.40. The summed E-state index contributed by atoms with van der Waals surface area (Å²) in [5, 5.41) is 13.6. The van der Waals surface area contributed by atoms with Gasteiger partial charge in [-0.1, -0.05) is 41.6 Å². The van der Waals surface area contributed by atoms with Gasteiger partial charge in [-0.05, 0) is 31.0 Å². The van der Waals surface area contributed by atoms with E-state index in [1.54, 1.807) is 4.90 Å². The average molecular weight is 489 g/mol. The molecule has 2 heterocycles. The van der Waals surface area contributed by atoms with Crippen LogP contribution < -0.4 is 5.32 Å². The van der Waals surface area contributed by atoms with Crippen molar-refractivity contribution < 1.29 is 19.2 Å². The third-order valence-corrected chi connectivity index (χ3v) is 6.72. The number of nitro benzene ring substituents is 1. The summed E-state index contributed by atoms with van der Waals surface area (Å²) in [6, 6.07) is 13.1. The quantitative estimate of drug-likeness (QED) is 0.456. The van der Waals surface area contributed by atoms with Gasteiger partial charge in [-0.2, -0.15) is 0 Å². The molecule has 33 heavy (non-hydrogen) atoms. The molecule has 0 radical (unpaired) electrons. The number of nitrogens with zero attached hydrogens (tertiary/aromatic N) is 3. The predicted octanol–water partition coefficient (Wildman–Crippen LogP) is 4.39. The number of benzene rings is 2. The lowest BCUT2D eigenvalue weighted by atomic mass is 10.2. The van der Waals surface area contributed by atoms with Gasteiger partial charge in [-0.3, -0.25) is 24.6 Å². The van der Waals surface area contributed by atoms with Gasteiger partial charge in [0.05, 0.1) is 34.0 Å². The summed E-state index contributed by atoms with van der Waals surface area (Å²) >= 11 is 7.30. The highest BCUT2D eigenvalue weighted by Crippen LogP contribution is 2.33. The van der Waals surface area contributed by atoms with E-state index in [0.717, 1.165) is 12.8 Å². The van der Waals surface area contributed by atoms with Crippen LogP contribution in [0.3, 0.4) is 0 Å². The standard InChI is InChI=1S/C22H21ClN4O5S/c23-17-9-8-15(27(30)31)11-18(17)25-20(28)12-19-21(29)26(13-16-7-4-10-32-16)22(33-19)24-14-5-2-1-3-6-14/h1-3,5-6,8-9,11,16,19H,4,7,10,12-13H2,(H,25,28). The Hall–Kier alpha value is -2.95. The molecule has 2 fully saturated rings. The molecule has 2 amide bonds. The Balaban J connectivity index is 1.49. The monoisotopic (exact) mass is 488 g/mol. The predicted molar refractivity (Wildman–Crippen MR) is 127 cm³/mol. The number of amides is 2. The molecule has 2 aromatic rings. The Bertz CT molecular complexity index is 1090. The van der Waals surface area contributed by atoms with Crippen molar-refractivity contribution in [2.75, 3.05) is 18.5 Å². The van der Waals surface area contributed by atoms with Crippen molar-refractivity contribution in [3.63, 3.8) is 0 Å². The number of carbonyl (C=O) groups excluding carboxylic acids is 2. The summed E-state index contributed by atoms with van der Waals surface area (Å²) in [6.07, 6.45) is 1.62. The van der Waals surface area contributed by atoms with Crippen LogP contribution in [0, 0.1) is 10.1 Å². The number of nitrogens with one attached hydrogen (secondary N) is 1. The molecule has 2 saturated heterocycles. The summed E-state index contributed by atoms with van der Waals surface area (Å²) in [6.45, 7) is 1.05. The third-order valence-electron chi connectivity index (χ3n) is 5.22. The maximum Gasteiger partial charge on any atom is 0.271 e. The molecule has 2 aliphatic rings. The minimum atomic E-state index is -0.675. The largest absolute Gasteiger partial charge is 0.376 e. The molecule has 4 rings (SSSR count). The number of halogens is 1. The SMILES string of the molecule is O=C(CC1SC(=Nc2ccccc2)N(CC2CCCO2)C1=O)Nc1cc([N+](=O)[O-])ccc1Cl. The second-order valence-corrected chi connectivity index (χ2v) is 9.17. The van der Waals surface area contributed by atoms with Crippen molar-refractivity contribution in [3.05, 3.63) is 63.7 Å². The molecule has 0 aromatic heterocycles. The van der Waals surface area contributed by atoms with Crippen LogP contribution >= 0.6 is 23.4 Å². The van der Waals surface area contributed by atoms with E-state index in [0.29, 0.717) is 24.0 Å². The van der Waals surface area contributed by atoms with Crippen LogP contribution in [0.2, 0.25) is 5.02 Å². The van der Waals surface area contributed by atoms with Crippen LogP contribution in [-0.4, -0.2) is 51.3 Å². The third kappa shape index (κ3) is 5.70. The zero-order chi connectivity index (χ0) is 23.4. The van der Waals surface area contributed by atoms with E-state index >= 15 is 0 Å². The maximum atomic E-state index is 13.2. The fraction of sp³-hybridized carbons (Fsp3) is 0.318. The summed E-state index contributed by atoms with van der Waals surface area (Å²) in [4.78, 5) is 42.5. The van der Waals surface area contributed by atoms with Gasteiger partial charge >= 0.3 is 0 Å². The number of rotatable bonds is 7. The van der Waals surface area contributed by atoms with Crippen molar-refractivity contribution in [3.8, 4) is 0 Å². The Kier molecular flexibility index (Phi) is 7.26. The van der Waals surface area contributed by atoms with Crippen molar-refractivity contribution in [1.29, 1.82) is 0 Å². The first kappa shape index (κ1) is 23.2. The molecular formula is C22H21ClN4O5S. The number of carbonyl (C=O) groups is 2. The first-order valence-corrected chi connectivity index (χ1v) is 11.6. The highest BCUT2D eigenvalue weighted by Gasteiger charge is 2.40. The van der Waals surface area contributed by atoms with Crippen molar-refractivity contribution >= 4 is 57.4 Å². The van der Waals surface area contributed by atoms with Crippen LogP contribution in [-0.2, 0) is 14.3 Å². The summed E-state index contributed by atoms with van der Waals surface area (Å²) in [7, 11) is 0. The molecule has 0 bridgehead atoms. The van der Waals surface area contributed by atoms with Gasteiger partial charge in [0.25, 0.3) is 5.69 Å². The number of hydrogen-bond acceptors (Lipinski definition) is 7. The Morgan fingerprint density at radius 1 is 1.30 bits per heavy atom. The second kappa shape index (κ2) is 10.3. The first-order chi connectivity index (χ1) is 15.9. The molecule has 0 aliphatic carbocycles. The molecule has 1 N–H and O–H groups in total. The highest BCUT2D eigenvalue weighted by atomic mass is 35.5. The number of hydrogen-bond donors (Lipinski definition) is 1. The van der Waals surface area contributed by atoms with E-state index < -0.39 is 16.1 Å². The molecule has 0 saturated carbocycles. The summed E-state index contributed by atoms with van der Waals surface area (Å²) < 4.78 is 5.69. The fourth-order valence-corrected chi connectivity index (χ4v) is 4.92. The van der Waals surface area contributed by atoms with E-state index in [-0.39, 0.29) is 34.8 Å². The minimum absolute atomic E-state index is 0.0632. The van der Waals surface area contributed by atoms with Crippen molar-refractivity contribution in [2.24, 2.45) is 4.99 Å². The van der Waals surface area contributed by atoms with Gasteiger partial charge in [-0.15, -0.1) is 0 Å². The zero-order valence-corrected chi connectivity index (χ0v) is 19.1. The topological polar surface area (TPSA) is 114 Å². The number of thioether (sulfide) groups is 1. The van der Waals surface area contributed by atoms with Gasteiger partial charge in [0, 0.05) is 25.2 Å². The smallest absolute Gasteiger partial charge is 0.271 e. The number of amidine groups is 1. The summed E-state index contributed by atoms with van der Waals surface area (Å²) in [5.41, 5.74) is 0.639. The van der Waals surface area contributed by atoms with Crippen LogP contribution in [0.15, 0.2) is 53.5 Å². The Morgan fingerprint density at radius 2 is 2.09 bits per heavy atom. The molecule has 2 aromatic carbocycles. The highest BCUT2D eigenvalue weighted by molar-refractivity contribution is 8.15. The van der Waals surface area contributed by atoms with Crippen LogP contribution in [0.1, 0.15) is 19.3 Å². The van der Waals surface area contributed by atoms with Crippen LogP contribution in [0.25, 0.3) is 0 Å².